The summed E-state index contributed by atoms with van der Waals surface area (Å²) >= 11 is 0. The average molecular weight is 814 g/mol. The van der Waals surface area contributed by atoms with Crippen molar-refractivity contribution in [1.82, 2.24) is 34.1 Å². The van der Waals surface area contributed by atoms with Crippen LogP contribution in [0.2, 0.25) is 0 Å². The molecule has 0 bridgehead atoms. The first-order chi connectivity index (χ1) is 18.3. The largest absolute Gasteiger partial charge is 4.00 e. The Balaban J connectivity index is -0.000000484. The first kappa shape index (κ1) is 42.6. The van der Waals surface area contributed by atoms with Crippen LogP contribution >= 0.6 is 0 Å². The van der Waals surface area contributed by atoms with Crippen molar-refractivity contribution in [3.8, 4) is 5.88 Å². The molecule has 0 aromatic carbocycles. The van der Waals surface area contributed by atoms with E-state index in [1.165, 1.54) is 14.1 Å². The Morgan fingerprint density at radius 3 is 1.85 bits per heavy atom. The van der Waals surface area contributed by atoms with Crippen LogP contribution in [-0.2, 0) is 41.7 Å². The Labute approximate surface area is 249 Å². The third kappa shape index (κ3) is 16.9. The number of aromatic nitrogens is 8. The van der Waals surface area contributed by atoms with E-state index in [9.17, 15) is 9.90 Å². The first-order valence-corrected chi connectivity index (χ1v) is 12.5. The van der Waals surface area contributed by atoms with Gasteiger partial charge in [-0.1, -0.05) is 4.98 Å². The number of aryl methyl sites for hydroxylation is 3. The van der Waals surface area contributed by atoms with Gasteiger partial charge in [0, 0.05) is 12.4 Å². The van der Waals surface area contributed by atoms with Gasteiger partial charge >= 0.3 is 26.7 Å². The van der Waals surface area contributed by atoms with Crippen LogP contribution in [-0.4, -0.2) is 48.1 Å². The molecule has 9 N–H and O–H groups in total. The van der Waals surface area contributed by atoms with E-state index < -0.39 is 20.5 Å². The van der Waals surface area contributed by atoms with E-state index in [0.717, 1.165) is 0 Å². The van der Waals surface area contributed by atoms with Crippen molar-refractivity contribution in [2.75, 3.05) is 25.6 Å². The van der Waals surface area contributed by atoms with Crippen LogP contribution in [0.4, 0.5) is 11.9 Å². The molecule has 0 fully saturated rings. The second kappa shape index (κ2) is 19.3. The summed E-state index contributed by atoms with van der Waals surface area (Å²) in [7, 11) is -3.32. The number of imidazole rings is 2. The molecule has 0 unspecified atom stereocenters. The van der Waals surface area contributed by atoms with Crippen LogP contribution in [0.1, 0.15) is 6.92 Å². The van der Waals surface area contributed by atoms with Gasteiger partial charge in [0.05, 0.1) is 20.4 Å². The molecule has 0 spiro atoms. The number of anilines is 2. The number of H-pyrrole nitrogens is 1. The first-order valence-electron chi connectivity index (χ1n) is 10.1. The average Bonchev–Trinajstić information content (AvgIpc) is 3.35. The summed E-state index contributed by atoms with van der Waals surface area (Å²) in [6.07, 6.45) is 3.33. The number of fused-ring (bicyclic) bond motifs is 2. The molecule has 0 aliphatic carbocycles. The molecule has 4 rings (SSSR count). The van der Waals surface area contributed by atoms with E-state index in [0.29, 0.717) is 28.9 Å². The van der Waals surface area contributed by atoms with E-state index in [1.54, 1.807) is 40.5 Å². The van der Waals surface area contributed by atoms with Crippen LogP contribution < -0.4 is 75.4 Å². The Kier molecular flexibility index (Phi) is 20.1. The van der Waals surface area contributed by atoms with Crippen LogP contribution in [0.15, 0.2) is 17.4 Å². The van der Waals surface area contributed by atoms with E-state index in [-0.39, 0.29) is 44.4 Å². The van der Waals surface area contributed by atoms with Gasteiger partial charge in [0.1, 0.15) is 0 Å². The number of nitrogens with zero attached hydrogens (tertiary/aromatic N) is 7. The minimum Gasteiger partial charge on any atom is -0.856 e. The number of halogens is 2. The molecule has 41 heavy (non-hydrogen) atoms. The molecule has 0 aliphatic heterocycles. The van der Waals surface area contributed by atoms with Crippen molar-refractivity contribution in [2.24, 2.45) is 25.6 Å². The van der Waals surface area contributed by atoms with Crippen molar-refractivity contribution >= 4 is 34.2 Å². The van der Waals surface area contributed by atoms with Crippen molar-refractivity contribution in [3.63, 3.8) is 0 Å². The normalized spacial score (nSPS) is 10.1. The fourth-order valence-corrected chi connectivity index (χ4v) is 2.57. The topological polar surface area (TPSA) is 410 Å². The minimum atomic E-state index is -4.94. The molecule has 4 aromatic heterocycles. The zero-order valence-electron chi connectivity index (χ0n) is 22.0. The van der Waals surface area contributed by atoms with Gasteiger partial charge < -0.3 is 32.6 Å². The Morgan fingerprint density at radius 1 is 0.951 bits per heavy atom. The SMILES string of the molecule is CCn1cnc2c(=O)[nH]c(N)nc21.CN.CN.Cn1c[n+](C)c2nc(N)nc([O-])c21.[O-][Cl+3]([O-])([O-])[O-].[O-][Cl+3]([O-])([O-])[O-].[Pt+4]. The molecule has 234 valence electrons. The summed E-state index contributed by atoms with van der Waals surface area (Å²) in [5.74, 6) is -0.211. The molecule has 0 aliphatic rings. The number of hydrogen-bond acceptors (Lipinski definition) is 18. The zero-order chi connectivity index (χ0) is 32.0. The van der Waals surface area contributed by atoms with Crippen molar-refractivity contribution in [1.29, 1.82) is 0 Å². The Bertz CT molecular complexity index is 1350. The summed E-state index contributed by atoms with van der Waals surface area (Å²) in [6.45, 7) is 2.66. The van der Waals surface area contributed by atoms with Gasteiger partial charge in [-0.05, 0) is 21.0 Å². The predicted molar refractivity (Wildman–Crippen MR) is 112 cm³/mol. The fourth-order valence-electron chi connectivity index (χ4n) is 2.57. The number of nitrogens with one attached hydrogen (secondary N) is 1. The van der Waals surface area contributed by atoms with Crippen molar-refractivity contribution in [3.05, 3.63) is 23.0 Å². The van der Waals surface area contributed by atoms with Gasteiger partial charge in [-0.3, -0.25) is 14.3 Å². The van der Waals surface area contributed by atoms with E-state index in [4.69, 9.17) is 48.7 Å². The molecule has 0 atom stereocenters. The van der Waals surface area contributed by atoms with Gasteiger partial charge in [-0.15, -0.1) is 20.5 Å². The van der Waals surface area contributed by atoms with Gasteiger partial charge in [0.15, 0.2) is 23.0 Å². The maximum atomic E-state index is 11.4. The zero-order valence-corrected chi connectivity index (χ0v) is 25.7. The summed E-state index contributed by atoms with van der Waals surface area (Å²) < 4.78 is 73.1. The fraction of sp³-hybridized carbons (Fsp3) is 0.375. The number of nitrogens with two attached hydrogens (primary N) is 4. The standard InChI is InChI=1S/2C7H9N5O.2CH5N.2ClHO4.Pt/c1-11-3-12(2)5-4(11)6(13)10-7(8)9-5;1-2-12-3-9-4-5(12)10-7(8)11-6(4)13;2*1-2;2*2-1(3,4)5;/h3H,1-2H3,(H2-,8,9,10,13);3H,2H2,1H3,(H3,8,10,11,13);2*2H2,1H3;2*(H,2,3,4,5);/q;;;;;;+4/p-2. The second-order valence-corrected chi connectivity index (χ2v) is 7.82. The van der Waals surface area contributed by atoms with Crippen LogP contribution in [0.5, 0.6) is 5.88 Å². The van der Waals surface area contributed by atoms with Crippen molar-refractivity contribution < 1.29 is 88.5 Å². The summed E-state index contributed by atoms with van der Waals surface area (Å²) in [6, 6.07) is 0. The molecule has 4 heterocycles. The molecule has 4 aromatic rings. The third-order valence-electron chi connectivity index (χ3n) is 3.72. The van der Waals surface area contributed by atoms with Crippen LogP contribution in [0.3, 0.4) is 0 Å². The quantitative estimate of drug-likeness (QED) is 0.111. The maximum Gasteiger partial charge on any atom is 4.00 e. The molecule has 25 heteroatoms. The second-order valence-electron chi connectivity index (χ2n) is 6.31. The van der Waals surface area contributed by atoms with Crippen molar-refractivity contribution in [2.45, 2.75) is 13.5 Å². The van der Waals surface area contributed by atoms with Crippen LogP contribution in [0, 0.1) is 20.5 Å². The number of rotatable bonds is 1. The smallest absolute Gasteiger partial charge is 0.856 e. The van der Waals surface area contributed by atoms with Gasteiger partial charge in [0.2, 0.25) is 5.95 Å². The van der Waals surface area contributed by atoms with E-state index >= 15 is 0 Å². The third-order valence-corrected chi connectivity index (χ3v) is 3.72. The van der Waals surface area contributed by atoms with E-state index in [1.807, 2.05) is 6.92 Å². The molecular weight excluding hydrogens is 786 g/mol. The van der Waals surface area contributed by atoms with Gasteiger partial charge in [-0.2, -0.15) is 4.98 Å². The van der Waals surface area contributed by atoms with Gasteiger partial charge in [0.25, 0.3) is 11.5 Å². The maximum absolute atomic E-state index is 11.4. The van der Waals surface area contributed by atoms with Gasteiger partial charge in [-0.25, -0.2) is 51.8 Å². The predicted octanol–water partition coefficient (Wildman–Crippen LogP) is -12.2. The summed E-state index contributed by atoms with van der Waals surface area (Å²) in [4.78, 5) is 29.1. The molecule has 0 amide bonds. The molecule has 0 saturated carbocycles. The number of nitrogen functional groups attached to an aromatic ring is 2. The summed E-state index contributed by atoms with van der Waals surface area (Å²) in [5, 5.41) is 11.4. The monoisotopic (exact) mass is 813 g/mol. The number of hydrogen-bond donors (Lipinski definition) is 5. The molecule has 0 saturated heterocycles. The van der Waals surface area contributed by atoms with Crippen LogP contribution in [0.25, 0.3) is 22.3 Å². The Hall–Kier alpha value is -2.83. The Morgan fingerprint density at radius 2 is 1.41 bits per heavy atom. The number of aromatic amines is 1. The summed E-state index contributed by atoms with van der Waals surface area (Å²) in [5.41, 5.74) is 21.3. The minimum absolute atomic E-state index is 0. The molecule has 22 nitrogen and oxygen atoms in total. The molecular formula is C16H28Cl2N12O10Pt+2. The van der Waals surface area contributed by atoms with E-state index in [2.05, 4.69) is 36.4 Å². The molecule has 0 radical (unpaired) electrons.